The predicted molar refractivity (Wildman–Crippen MR) is 81.8 cm³/mol. The summed E-state index contributed by atoms with van der Waals surface area (Å²) in [5, 5.41) is 17.3. The highest BCUT2D eigenvalue weighted by Crippen LogP contribution is 2.30. The van der Waals surface area contributed by atoms with Crippen LogP contribution in [0.4, 0.5) is 23.0 Å². The van der Waals surface area contributed by atoms with Gasteiger partial charge in [0.05, 0.1) is 4.92 Å². The molecule has 0 spiro atoms. The number of para-hydroxylation sites is 1. The number of unbranched alkanes of at least 4 members (excludes halogenated alkanes) is 1. The summed E-state index contributed by atoms with van der Waals surface area (Å²) < 4.78 is 0. The first-order valence-electron chi connectivity index (χ1n) is 6.77. The molecule has 2 aromatic rings. The van der Waals surface area contributed by atoms with Crippen molar-refractivity contribution in [2.45, 2.75) is 19.8 Å². The number of nitrogens with one attached hydrogen (secondary N) is 2. The third-order valence-corrected chi connectivity index (χ3v) is 2.86. The maximum absolute atomic E-state index is 11.3. The zero-order valence-electron chi connectivity index (χ0n) is 11.7. The normalized spacial score (nSPS) is 10.1. The summed E-state index contributed by atoms with van der Waals surface area (Å²) in [6, 6.07) is 9.19. The molecule has 110 valence electrons. The van der Waals surface area contributed by atoms with E-state index < -0.39 is 4.92 Å². The molecule has 2 rings (SSSR count). The number of benzene rings is 1. The highest BCUT2D eigenvalue weighted by molar-refractivity contribution is 5.73. The molecule has 0 aliphatic carbocycles. The second kappa shape index (κ2) is 7.18. The number of aromatic nitrogens is 2. The Morgan fingerprint density at radius 3 is 2.57 bits per heavy atom. The summed E-state index contributed by atoms with van der Waals surface area (Å²) in [7, 11) is 0. The van der Waals surface area contributed by atoms with E-state index in [1.54, 1.807) is 0 Å². The van der Waals surface area contributed by atoms with Crippen LogP contribution in [0.1, 0.15) is 19.8 Å². The number of nitro groups is 1. The van der Waals surface area contributed by atoms with Crippen LogP contribution >= 0.6 is 0 Å². The molecule has 21 heavy (non-hydrogen) atoms. The first kappa shape index (κ1) is 14.7. The molecule has 0 radical (unpaired) electrons. The van der Waals surface area contributed by atoms with Gasteiger partial charge in [0, 0.05) is 12.2 Å². The summed E-state index contributed by atoms with van der Waals surface area (Å²) >= 11 is 0. The Bertz CT molecular complexity index is 604. The lowest BCUT2D eigenvalue weighted by molar-refractivity contribution is -0.383. The van der Waals surface area contributed by atoms with E-state index >= 15 is 0 Å². The van der Waals surface area contributed by atoms with E-state index in [9.17, 15) is 10.1 Å². The van der Waals surface area contributed by atoms with Crippen LogP contribution in [0.25, 0.3) is 0 Å². The molecule has 0 bridgehead atoms. The van der Waals surface area contributed by atoms with Crippen LogP contribution in [0.2, 0.25) is 0 Å². The lowest BCUT2D eigenvalue weighted by Gasteiger charge is -2.09. The van der Waals surface area contributed by atoms with Gasteiger partial charge in [0.1, 0.15) is 6.33 Å². The van der Waals surface area contributed by atoms with E-state index in [0.717, 1.165) is 18.5 Å². The fourth-order valence-corrected chi connectivity index (χ4v) is 1.81. The molecule has 0 saturated heterocycles. The Balaban J connectivity index is 2.28. The van der Waals surface area contributed by atoms with E-state index in [2.05, 4.69) is 27.5 Å². The largest absolute Gasteiger partial charge is 0.364 e. The summed E-state index contributed by atoms with van der Waals surface area (Å²) in [4.78, 5) is 18.8. The van der Waals surface area contributed by atoms with Crippen LogP contribution in [0, 0.1) is 10.1 Å². The molecule has 0 unspecified atom stereocenters. The quantitative estimate of drug-likeness (QED) is 0.461. The molecule has 0 fully saturated rings. The number of anilines is 3. The van der Waals surface area contributed by atoms with Gasteiger partial charge in [0.2, 0.25) is 11.6 Å². The minimum Gasteiger partial charge on any atom is -0.364 e. The van der Waals surface area contributed by atoms with E-state index in [1.165, 1.54) is 6.33 Å². The number of hydrogen-bond acceptors (Lipinski definition) is 6. The van der Waals surface area contributed by atoms with Crippen LogP contribution in [0.5, 0.6) is 0 Å². The van der Waals surface area contributed by atoms with Gasteiger partial charge in [0.15, 0.2) is 0 Å². The Morgan fingerprint density at radius 2 is 1.90 bits per heavy atom. The van der Waals surface area contributed by atoms with Crippen molar-refractivity contribution in [3.05, 3.63) is 46.8 Å². The van der Waals surface area contributed by atoms with E-state index in [1.807, 2.05) is 30.3 Å². The Labute approximate surface area is 122 Å². The summed E-state index contributed by atoms with van der Waals surface area (Å²) in [6.07, 6.45) is 3.23. The van der Waals surface area contributed by atoms with Crippen LogP contribution in [-0.4, -0.2) is 21.4 Å². The van der Waals surface area contributed by atoms with Crippen molar-refractivity contribution in [1.29, 1.82) is 0 Å². The third kappa shape index (κ3) is 3.88. The molecule has 1 heterocycles. The first-order chi connectivity index (χ1) is 10.2. The third-order valence-electron chi connectivity index (χ3n) is 2.86. The Morgan fingerprint density at radius 1 is 1.19 bits per heavy atom. The highest BCUT2D eigenvalue weighted by atomic mass is 16.6. The molecule has 2 N–H and O–H groups in total. The molecule has 7 nitrogen and oxygen atoms in total. The molecule has 7 heteroatoms. The van der Waals surface area contributed by atoms with Crippen molar-refractivity contribution >= 4 is 23.0 Å². The lowest BCUT2D eigenvalue weighted by Crippen LogP contribution is -2.09. The van der Waals surface area contributed by atoms with Gasteiger partial charge in [-0.1, -0.05) is 31.5 Å². The summed E-state index contributed by atoms with van der Waals surface area (Å²) in [5.74, 6) is 0.419. The minimum atomic E-state index is -0.473. The van der Waals surface area contributed by atoms with Gasteiger partial charge >= 0.3 is 5.69 Å². The van der Waals surface area contributed by atoms with E-state index in [-0.39, 0.29) is 17.3 Å². The molecular weight excluding hydrogens is 270 g/mol. The second-order valence-electron chi connectivity index (χ2n) is 4.45. The average Bonchev–Trinajstić information content (AvgIpc) is 2.48. The molecule has 0 amide bonds. The van der Waals surface area contributed by atoms with Crippen LogP contribution in [0.3, 0.4) is 0 Å². The highest BCUT2D eigenvalue weighted by Gasteiger charge is 2.22. The molecule has 0 saturated carbocycles. The van der Waals surface area contributed by atoms with Gasteiger partial charge in [-0.15, -0.1) is 0 Å². The SMILES string of the molecule is CCCCNc1ncnc(Nc2ccccc2)c1[N+](=O)[O-]. The van der Waals surface area contributed by atoms with Crippen molar-refractivity contribution in [1.82, 2.24) is 9.97 Å². The maximum atomic E-state index is 11.3. The number of rotatable bonds is 7. The van der Waals surface area contributed by atoms with E-state index in [0.29, 0.717) is 6.54 Å². The van der Waals surface area contributed by atoms with Gasteiger partial charge in [-0.25, -0.2) is 9.97 Å². The topological polar surface area (TPSA) is 93.0 Å². The molecule has 1 aromatic heterocycles. The Hall–Kier alpha value is -2.70. The second-order valence-corrected chi connectivity index (χ2v) is 4.45. The smallest absolute Gasteiger partial charge is 0.353 e. The summed E-state index contributed by atoms with van der Waals surface area (Å²) in [6.45, 7) is 2.69. The monoisotopic (exact) mass is 287 g/mol. The van der Waals surface area contributed by atoms with Crippen molar-refractivity contribution in [3.63, 3.8) is 0 Å². The number of nitrogens with zero attached hydrogens (tertiary/aromatic N) is 3. The van der Waals surface area contributed by atoms with Gasteiger partial charge in [-0.05, 0) is 18.6 Å². The van der Waals surface area contributed by atoms with Crippen LogP contribution in [0.15, 0.2) is 36.7 Å². The molecular formula is C14H17N5O2. The number of hydrogen-bond donors (Lipinski definition) is 2. The standard InChI is InChI=1S/C14H17N5O2/c1-2-3-9-15-13-12(19(20)21)14(17-10-16-13)18-11-7-5-4-6-8-11/h4-8,10H,2-3,9H2,1H3,(H2,15,16,17,18). The Kier molecular flexibility index (Phi) is 5.03. The van der Waals surface area contributed by atoms with Gasteiger partial charge in [0.25, 0.3) is 0 Å². The summed E-state index contributed by atoms with van der Waals surface area (Å²) in [5.41, 5.74) is 0.594. The first-order valence-corrected chi connectivity index (χ1v) is 6.77. The van der Waals surface area contributed by atoms with Crippen molar-refractivity contribution in [2.75, 3.05) is 17.2 Å². The van der Waals surface area contributed by atoms with Crippen molar-refractivity contribution in [3.8, 4) is 0 Å². The molecule has 0 atom stereocenters. The molecule has 1 aromatic carbocycles. The minimum absolute atomic E-state index is 0.141. The van der Waals surface area contributed by atoms with Crippen LogP contribution < -0.4 is 10.6 Å². The van der Waals surface area contributed by atoms with Gasteiger partial charge in [-0.3, -0.25) is 10.1 Å². The fourth-order valence-electron chi connectivity index (χ4n) is 1.81. The molecule has 0 aliphatic heterocycles. The fraction of sp³-hybridized carbons (Fsp3) is 0.286. The van der Waals surface area contributed by atoms with E-state index in [4.69, 9.17) is 0 Å². The van der Waals surface area contributed by atoms with Crippen molar-refractivity contribution < 1.29 is 4.92 Å². The zero-order valence-corrected chi connectivity index (χ0v) is 11.7. The van der Waals surface area contributed by atoms with Crippen molar-refractivity contribution in [2.24, 2.45) is 0 Å². The maximum Gasteiger partial charge on any atom is 0.353 e. The van der Waals surface area contributed by atoms with Gasteiger partial charge in [-0.2, -0.15) is 0 Å². The molecule has 0 aliphatic rings. The zero-order chi connectivity index (χ0) is 15.1. The average molecular weight is 287 g/mol. The van der Waals surface area contributed by atoms with Crippen LogP contribution in [-0.2, 0) is 0 Å². The predicted octanol–water partition coefficient (Wildman–Crippen LogP) is 3.34. The lowest BCUT2D eigenvalue weighted by atomic mass is 10.3. The van der Waals surface area contributed by atoms with Gasteiger partial charge < -0.3 is 10.6 Å².